The number of hydrogen-bond acceptors (Lipinski definition) is 4. The van der Waals surface area contributed by atoms with Gasteiger partial charge in [-0.25, -0.2) is 4.79 Å². The van der Waals surface area contributed by atoms with Crippen molar-refractivity contribution in [2.24, 2.45) is 5.41 Å². The predicted octanol–water partition coefficient (Wildman–Crippen LogP) is 4.06. The molecule has 0 spiro atoms. The van der Waals surface area contributed by atoms with Gasteiger partial charge in [0.1, 0.15) is 11.5 Å². The van der Waals surface area contributed by atoms with Crippen molar-refractivity contribution in [3.8, 4) is 22.6 Å². The number of amides is 1. The van der Waals surface area contributed by atoms with Crippen LogP contribution in [0.4, 0.5) is 4.79 Å². The van der Waals surface area contributed by atoms with Crippen LogP contribution in [0.15, 0.2) is 42.5 Å². The van der Waals surface area contributed by atoms with Crippen molar-refractivity contribution in [3.63, 3.8) is 0 Å². The summed E-state index contributed by atoms with van der Waals surface area (Å²) in [6, 6.07) is 13.2. The highest BCUT2D eigenvalue weighted by atomic mass is 16.7. The van der Waals surface area contributed by atoms with Crippen LogP contribution in [0.5, 0.6) is 11.5 Å². The minimum absolute atomic E-state index is 0.208. The van der Waals surface area contributed by atoms with Crippen molar-refractivity contribution in [1.29, 1.82) is 0 Å². The van der Waals surface area contributed by atoms with Gasteiger partial charge >= 0.3 is 6.09 Å². The summed E-state index contributed by atoms with van der Waals surface area (Å²) in [7, 11) is 1.58. The predicted molar refractivity (Wildman–Crippen MR) is 97.6 cm³/mol. The second kappa shape index (κ2) is 7.25. The van der Waals surface area contributed by atoms with E-state index >= 15 is 0 Å². The van der Waals surface area contributed by atoms with E-state index in [0.29, 0.717) is 12.4 Å². The van der Waals surface area contributed by atoms with Gasteiger partial charge in [-0.15, -0.1) is 0 Å². The second-order valence-corrected chi connectivity index (χ2v) is 6.99. The molecule has 0 aliphatic carbocycles. The molecule has 26 heavy (non-hydrogen) atoms. The molecule has 1 heterocycles. The number of carbonyl (C=O) groups is 1. The normalized spacial score (nSPS) is 17.7. The molecule has 0 aromatic heterocycles. The van der Waals surface area contributed by atoms with E-state index in [1.807, 2.05) is 56.3 Å². The summed E-state index contributed by atoms with van der Waals surface area (Å²) >= 11 is 0. The van der Waals surface area contributed by atoms with Crippen LogP contribution in [0.2, 0.25) is 0 Å². The zero-order valence-corrected chi connectivity index (χ0v) is 15.1. The highest BCUT2D eigenvalue weighted by molar-refractivity contribution is 5.69. The monoisotopic (exact) mass is 357 g/mol. The number of rotatable bonds is 5. The summed E-state index contributed by atoms with van der Waals surface area (Å²) in [6.45, 7) is 4.63. The lowest BCUT2D eigenvalue weighted by atomic mass is 9.78. The number of carboxylic acid groups (broad SMARTS) is 1. The number of methoxy groups -OCH3 is 1. The Morgan fingerprint density at radius 3 is 2.58 bits per heavy atom. The van der Waals surface area contributed by atoms with E-state index in [1.54, 1.807) is 7.11 Å². The third kappa shape index (κ3) is 3.75. The fourth-order valence-corrected chi connectivity index (χ4v) is 3.11. The fraction of sp³-hybridized carbons (Fsp3) is 0.350. The molecule has 0 radical (unpaired) electrons. The van der Waals surface area contributed by atoms with Gasteiger partial charge in [-0.1, -0.05) is 38.1 Å². The quantitative estimate of drug-likeness (QED) is 0.789. The molecule has 2 N–H and O–H groups in total. The Labute approximate surface area is 152 Å². The van der Waals surface area contributed by atoms with Gasteiger partial charge < -0.3 is 24.6 Å². The topological polar surface area (TPSA) is 77.0 Å². The zero-order valence-electron chi connectivity index (χ0n) is 15.1. The Hall–Kier alpha value is -2.73. The lowest BCUT2D eigenvalue weighted by Crippen LogP contribution is -2.43. The zero-order chi connectivity index (χ0) is 18.7. The number of ether oxygens (including phenoxy) is 3. The van der Waals surface area contributed by atoms with Crippen LogP contribution in [-0.2, 0) is 4.74 Å². The first-order valence-electron chi connectivity index (χ1n) is 8.39. The summed E-state index contributed by atoms with van der Waals surface area (Å²) in [5.41, 5.74) is 2.55. The molecule has 1 unspecified atom stereocenters. The average Bonchev–Trinajstić information content (AvgIpc) is 2.62. The molecule has 0 bridgehead atoms. The van der Waals surface area contributed by atoms with Crippen molar-refractivity contribution >= 4 is 6.09 Å². The van der Waals surface area contributed by atoms with E-state index < -0.39 is 6.09 Å². The average molecular weight is 357 g/mol. The Kier molecular flexibility index (Phi) is 5.04. The van der Waals surface area contributed by atoms with Gasteiger partial charge in [-0.3, -0.25) is 0 Å². The van der Waals surface area contributed by atoms with Crippen molar-refractivity contribution < 1.29 is 24.1 Å². The second-order valence-electron chi connectivity index (χ2n) is 6.99. The van der Waals surface area contributed by atoms with Crippen LogP contribution in [-0.4, -0.2) is 31.7 Å². The smallest absolute Gasteiger partial charge is 0.405 e. The molecule has 0 saturated heterocycles. The molecule has 3 rings (SSSR count). The summed E-state index contributed by atoms with van der Waals surface area (Å²) in [4.78, 5) is 11.2. The minimum Gasteiger partial charge on any atom is -0.493 e. The van der Waals surface area contributed by atoms with Crippen LogP contribution in [0, 0.1) is 5.41 Å². The lowest BCUT2D eigenvalue weighted by Gasteiger charge is -2.39. The van der Waals surface area contributed by atoms with E-state index in [0.717, 1.165) is 22.4 Å². The fourth-order valence-electron chi connectivity index (χ4n) is 3.11. The van der Waals surface area contributed by atoms with Crippen molar-refractivity contribution in [2.45, 2.75) is 19.9 Å². The van der Waals surface area contributed by atoms with Crippen LogP contribution in [0.3, 0.4) is 0 Å². The SMILES string of the molecule is COCOc1ccc(-c2ccc3c(c2)OCC(C)(C)C3NC(=O)O)cc1. The Morgan fingerprint density at radius 2 is 1.92 bits per heavy atom. The van der Waals surface area contributed by atoms with Gasteiger partial charge in [0.25, 0.3) is 0 Å². The van der Waals surface area contributed by atoms with Crippen LogP contribution in [0.25, 0.3) is 11.1 Å². The van der Waals surface area contributed by atoms with Crippen molar-refractivity contribution in [3.05, 3.63) is 48.0 Å². The van der Waals surface area contributed by atoms with Gasteiger partial charge in [0.2, 0.25) is 0 Å². The largest absolute Gasteiger partial charge is 0.493 e. The highest BCUT2D eigenvalue weighted by Crippen LogP contribution is 2.44. The van der Waals surface area contributed by atoms with E-state index in [4.69, 9.17) is 14.2 Å². The Balaban J connectivity index is 1.88. The molecular weight excluding hydrogens is 334 g/mol. The lowest BCUT2D eigenvalue weighted by molar-refractivity contribution is 0.0511. The molecule has 138 valence electrons. The molecule has 6 heteroatoms. The first kappa shape index (κ1) is 18.1. The van der Waals surface area contributed by atoms with Gasteiger partial charge in [-0.05, 0) is 29.3 Å². The number of nitrogens with one attached hydrogen (secondary N) is 1. The molecule has 6 nitrogen and oxygen atoms in total. The Morgan fingerprint density at radius 1 is 1.23 bits per heavy atom. The molecule has 1 aliphatic heterocycles. The van der Waals surface area contributed by atoms with Crippen molar-refractivity contribution in [1.82, 2.24) is 5.32 Å². The number of benzene rings is 2. The highest BCUT2D eigenvalue weighted by Gasteiger charge is 2.38. The van der Waals surface area contributed by atoms with Gasteiger partial charge in [-0.2, -0.15) is 0 Å². The summed E-state index contributed by atoms with van der Waals surface area (Å²) in [5, 5.41) is 11.8. The molecule has 1 aliphatic rings. The maximum absolute atomic E-state index is 11.2. The van der Waals surface area contributed by atoms with E-state index in [9.17, 15) is 9.90 Å². The molecule has 1 amide bonds. The van der Waals surface area contributed by atoms with Gasteiger partial charge in [0, 0.05) is 18.1 Å². The Bertz CT molecular complexity index is 785. The molecule has 1 atom stereocenters. The molecule has 2 aromatic rings. The molecule has 2 aromatic carbocycles. The number of fused-ring (bicyclic) bond motifs is 1. The van der Waals surface area contributed by atoms with E-state index in [2.05, 4.69) is 5.32 Å². The number of hydrogen-bond donors (Lipinski definition) is 2. The van der Waals surface area contributed by atoms with Crippen molar-refractivity contribution in [2.75, 3.05) is 20.5 Å². The van der Waals surface area contributed by atoms with E-state index in [1.165, 1.54) is 0 Å². The standard InChI is InChI=1S/C20H23NO5/c1-20(2)11-25-17-10-14(6-9-16(17)18(20)21-19(22)23)13-4-7-15(8-5-13)26-12-24-3/h4-10,18,21H,11-12H2,1-3H3,(H,22,23). The molecule has 0 fully saturated rings. The van der Waals surface area contributed by atoms with Crippen LogP contribution < -0.4 is 14.8 Å². The maximum Gasteiger partial charge on any atom is 0.405 e. The molecule has 0 saturated carbocycles. The van der Waals surface area contributed by atoms with Crippen LogP contribution in [0.1, 0.15) is 25.5 Å². The summed E-state index contributed by atoms with van der Waals surface area (Å²) in [6.07, 6.45) is -1.04. The van der Waals surface area contributed by atoms with Gasteiger partial charge in [0.05, 0.1) is 12.6 Å². The minimum atomic E-state index is -1.04. The van der Waals surface area contributed by atoms with E-state index in [-0.39, 0.29) is 18.2 Å². The third-order valence-electron chi connectivity index (χ3n) is 4.50. The first-order valence-corrected chi connectivity index (χ1v) is 8.39. The molecular formula is C20H23NO5. The summed E-state index contributed by atoms with van der Waals surface area (Å²) in [5.74, 6) is 1.44. The third-order valence-corrected chi connectivity index (χ3v) is 4.50. The van der Waals surface area contributed by atoms with Crippen LogP contribution >= 0.6 is 0 Å². The maximum atomic E-state index is 11.2. The first-order chi connectivity index (χ1) is 12.4. The summed E-state index contributed by atoms with van der Waals surface area (Å²) < 4.78 is 16.2. The van der Waals surface area contributed by atoms with Gasteiger partial charge in [0.15, 0.2) is 6.79 Å².